The predicted molar refractivity (Wildman–Crippen MR) is 77.2 cm³/mol. The minimum absolute atomic E-state index is 0.0794. The number of hydrogen-bond acceptors (Lipinski definition) is 3. The first-order chi connectivity index (χ1) is 8.26. The fraction of sp³-hybridized carbons (Fsp3) is 0.667. The lowest BCUT2D eigenvalue weighted by Crippen LogP contribution is -2.52. The average Bonchev–Trinajstić information content (AvgIpc) is 2.27. The number of aromatic nitrogens is 1. The van der Waals surface area contributed by atoms with E-state index in [2.05, 4.69) is 56.6 Å². The summed E-state index contributed by atoms with van der Waals surface area (Å²) in [5.74, 6) is 0. The minimum atomic E-state index is -0.182. The maximum Gasteiger partial charge on any atom is 0.0271 e. The number of nitrogens with two attached hydrogens (primary N) is 1. The predicted octanol–water partition coefficient (Wildman–Crippen LogP) is 2.67. The molecule has 0 saturated carbocycles. The van der Waals surface area contributed by atoms with Crippen molar-refractivity contribution < 1.29 is 0 Å². The number of hydrogen-bond donors (Lipinski definition) is 1. The number of nitrogens with zero attached hydrogens (tertiary/aromatic N) is 2. The van der Waals surface area contributed by atoms with Crippen LogP contribution in [-0.4, -0.2) is 28.5 Å². The van der Waals surface area contributed by atoms with E-state index in [1.807, 2.05) is 12.4 Å². The topological polar surface area (TPSA) is 42.2 Å². The van der Waals surface area contributed by atoms with Gasteiger partial charge in [0.05, 0.1) is 0 Å². The molecule has 1 aromatic rings. The molecule has 0 aliphatic carbocycles. The van der Waals surface area contributed by atoms with Crippen molar-refractivity contribution in [3.8, 4) is 0 Å². The van der Waals surface area contributed by atoms with Gasteiger partial charge in [0.2, 0.25) is 0 Å². The zero-order chi connectivity index (χ0) is 13.8. The van der Waals surface area contributed by atoms with Crippen LogP contribution in [0.5, 0.6) is 0 Å². The highest BCUT2D eigenvalue weighted by Gasteiger charge is 2.34. The van der Waals surface area contributed by atoms with E-state index in [1.54, 1.807) is 0 Å². The minimum Gasteiger partial charge on any atom is -0.325 e. The van der Waals surface area contributed by atoms with E-state index < -0.39 is 0 Å². The molecule has 0 fully saturated rings. The van der Waals surface area contributed by atoms with E-state index in [-0.39, 0.29) is 11.0 Å². The summed E-state index contributed by atoms with van der Waals surface area (Å²) in [6.45, 7) is 13.9. The molecule has 0 radical (unpaired) electrons. The summed E-state index contributed by atoms with van der Waals surface area (Å²) in [5.41, 5.74) is 7.47. The summed E-state index contributed by atoms with van der Waals surface area (Å²) in [6.07, 6.45) is 3.70. The first-order valence-electron chi connectivity index (χ1n) is 6.66. The van der Waals surface area contributed by atoms with Crippen LogP contribution < -0.4 is 5.73 Å². The lowest BCUT2D eigenvalue weighted by Gasteiger charge is -2.42. The first-order valence-corrected chi connectivity index (χ1v) is 6.66. The molecule has 0 spiro atoms. The lowest BCUT2D eigenvalue weighted by molar-refractivity contribution is 0.112. The van der Waals surface area contributed by atoms with Crippen LogP contribution in [0.2, 0.25) is 0 Å². The highest BCUT2D eigenvalue weighted by Crippen LogP contribution is 2.29. The lowest BCUT2D eigenvalue weighted by atomic mass is 9.75. The Morgan fingerprint density at radius 1 is 1.17 bits per heavy atom. The van der Waals surface area contributed by atoms with Gasteiger partial charge in [-0.15, -0.1) is 0 Å². The third-order valence-corrected chi connectivity index (χ3v) is 3.97. The van der Waals surface area contributed by atoms with Gasteiger partial charge in [-0.1, -0.05) is 20.8 Å². The molecule has 0 aliphatic heterocycles. The summed E-state index contributed by atoms with van der Waals surface area (Å²) < 4.78 is 0. The van der Waals surface area contributed by atoms with Gasteiger partial charge >= 0.3 is 0 Å². The molecule has 0 bridgehead atoms. The third kappa shape index (κ3) is 4.07. The van der Waals surface area contributed by atoms with Gasteiger partial charge in [0.1, 0.15) is 0 Å². The second-order valence-corrected chi connectivity index (χ2v) is 6.26. The Morgan fingerprint density at radius 3 is 2.17 bits per heavy atom. The van der Waals surface area contributed by atoms with Crippen LogP contribution in [0.25, 0.3) is 0 Å². The molecule has 0 unspecified atom stereocenters. The van der Waals surface area contributed by atoms with Crippen molar-refractivity contribution in [2.24, 2.45) is 11.1 Å². The molecule has 102 valence electrons. The molecule has 0 atom stereocenters. The van der Waals surface area contributed by atoms with E-state index in [0.717, 1.165) is 19.6 Å². The third-order valence-electron chi connectivity index (χ3n) is 3.97. The molecule has 1 aromatic heterocycles. The molecular formula is C15H27N3. The highest BCUT2D eigenvalue weighted by molar-refractivity contribution is 5.09. The molecule has 18 heavy (non-hydrogen) atoms. The molecule has 1 heterocycles. The SMILES string of the molecule is CCN(Cc1ccncc1)CC(C)(C)C(C)(C)N. The van der Waals surface area contributed by atoms with Crippen LogP contribution in [0, 0.1) is 5.41 Å². The highest BCUT2D eigenvalue weighted by atomic mass is 15.1. The maximum atomic E-state index is 6.27. The van der Waals surface area contributed by atoms with E-state index in [9.17, 15) is 0 Å². The smallest absolute Gasteiger partial charge is 0.0271 e. The van der Waals surface area contributed by atoms with Crippen molar-refractivity contribution in [1.29, 1.82) is 0 Å². The monoisotopic (exact) mass is 249 g/mol. The molecule has 0 aromatic carbocycles. The quantitative estimate of drug-likeness (QED) is 0.843. The van der Waals surface area contributed by atoms with E-state index in [0.29, 0.717) is 0 Å². The Hall–Kier alpha value is -0.930. The van der Waals surface area contributed by atoms with Crippen LogP contribution in [0.4, 0.5) is 0 Å². The molecule has 3 nitrogen and oxygen atoms in total. The Labute approximate surface area is 111 Å². The standard InChI is InChI=1S/C15H27N3/c1-6-18(11-13-7-9-17-10-8-13)12-14(2,3)15(4,5)16/h7-10H,6,11-12,16H2,1-5H3. The number of pyridine rings is 1. The van der Waals surface area contributed by atoms with Crippen molar-refractivity contribution in [3.63, 3.8) is 0 Å². The molecule has 3 heteroatoms. The largest absolute Gasteiger partial charge is 0.325 e. The van der Waals surface area contributed by atoms with E-state index in [4.69, 9.17) is 5.73 Å². The fourth-order valence-electron chi connectivity index (χ4n) is 1.79. The normalized spacial score (nSPS) is 13.1. The zero-order valence-corrected chi connectivity index (χ0v) is 12.4. The van der Waals surface area contributed by atoms with Gasteiger partial charge < -0.3 is 5.73 Å². The molecule has 2 N–H and O–H groups in total. The number of rotatable bonds is 6. The van der Waals surface area contributed by atoms with Crippen molar-refractivity contribution >= 4 is 0 Å². The van der Waals surface area contributed by atoms with Crippen LogP contribution in [0.15, 0.2) is 24.5 Å². The second-order valence-electron chi connectivity index (χ2n) is 6.26. The van der Waals surface area contributed by atoms with Crippen molar-refractivity contribution in [1.82, 2.24) is 9.88 Å². The molecule has 0 amide bonds. The Kier molecular flexibility index (Phi) is 4.88. The van der Waals surface area contributed by atoms with Crippen LogP contribution in [0.3, 0.4) is 0 Å². The average molecular weight is 249 g/mol. The molecule has 0 saturated heterocycles. The van der Waals surface area contributed by atoms with Crippen LogP contribution in [-0.2, 0) is 6.54 Å². The summed E-state index contributed by atoms with van der Waals surface area (Å²) in [6, 6.07) is 4.15. The maximum absolute atomic E-state index is 6.27. The Bertz CT molecular complexity index is 352. The van der Waals surface area contributed by atoms with Crippen LogP contribution >= 0.6 is 0 Å². The van der Waals surface area contributed by atoms with Gasteiger partial charge in [0.25, 0.3) is 0 Å². The summed E-state index contributed by atoms with van der Waals surface area (Å²) in [4.78, 5) is 6.49. The second kappa shape index (κ2) is 5.81. The van der Waals surface area contributed by atoms with Gasteiger partial charge in [-0.2, -0.15) is 0 Å². The van der Waals surface area contributed by atoms with Gasteiger partial charge in [-0.25, -0.2) is 0 Å². The first kappa shape index (κ1) is 15.1. The van der Waals surface area contributed by atoms with Crippen LogP contribution in [0.1, 0.15) is 40.2 Å². The Balaban J connectivity index is 2.69. The molecular weight excluding hydrogens is 222 g/mol. The van der Waals surface area contributed by atoms with Gasteiger partial charge in [-0.3, -0.25) is 9.88 Å². The summed E-state index contributed by atoms with van der Waals surface area (Å²) in [5, 5.41) is 0. The Morgan fingerprint density at radius 2 is 1.72 bits per heavy atom. The summed E-state index contributed by atoms with van der Waals surface area (Å²) in [7, 11) is 0. The van der Waals surface area contributed by atoms with Crippen molar-refractivity contribution in [3.05, 3.63) is 30.1 Å². The van der Waals surface area contributed by atoms with Gasteiger partial charge in [0, 0.05) is 31.0 Å². The molecule has 1 rings (SSSR count). The van der Waals surface area contributed by atoms with Gasteiger partial charge in [0.15, 0.2) is 0 Å². The fourth-order valence-corrected chi connectivity index (χ4v) is 1.79. The van der Waals surface area contributed by atoms with Gasteiger partial charge in [-0.05, 0) is 43.5 Å². The zero-order valence-electron chi connectivity index (χ0n) is 12.4. The summed E-state index contributed by atoms with van der Waals surface area (Å²) >= 11 is 0. The van der Waals surface area contributed by atoms with E-state index >= 15 is 0 Å². The van der Waals surface area contributed by atoms with Crippen molar-refractivity contribution in [2.75, 3.05) is 13.1 Å². The molecule has 0 aliphatic rings. The van der Waals surface area contributed by atoms with Crippen molar-refractivity contribution in [2.45, 2.75) is 46.7 Å². The van der Waals surface area contributed by atoms with E-state index in [1.165, 1.54) is 5.56 Å².